The van der Waals surface area contributed by atoms with E-state index in [1.807, 2.05) is 0 Å². The molecule has 0 aromatic rings. The summed E-state index contributed by atoms with van der Waals surface area (Å²) in [5.41, 5.74) is 0. The van der Waals surface area contributed by atoms with Gasteiger partial charge in [-0.05, 0) is 0 Å². The first-order valence-corrected chi connectivity index (χ1v) is 1.47. The van der Waals surface area contributed by atoms with Crippen LogP contribution in [-0.4, -0.2) is 32.9 Å². The van der Waals surface area contributed by atoms with Crippen molar-refractivity contribution in [3.05, 3.63) is 0 Å². The van der Waals surface area contributed by atoms with Gasteiger partial charge in [0.25, 0.3) is 0 Å². The first kappa shape index (κ1) is 22.7. The molecule has 7 nitrogen and oxygen atoms in total. The van der Waals surface area contributed by atoms with E-state index in [1.165, 1.54) is 0 Å². The molecule has 0 aromatic carbocycles. The van der Waals surface area contributed by atoms with Gasteiger partial charge in [0.15, 0.2) is 0 Å². The fraction of sp³-hybridized carbons (Fsp3) is 0. The second kappa shape index (κ2) is 17.1. The zero-order valence-electron chi connectivity index (χ0n) is 5.17. The predicted octanol–water partition coefficient (Wildman–Crippen LogP) is 0.376. The summed E-state index contributed by atoms with van der Waals surface area (Å²) < 4.78 is 0. The molecule has 0 fully saturated rings. The summed E-state index contributed by atoms with van der Waals surface area (Å²) in [4.78, 5) is 20.1. The molecule has 9 heteroatoms. The number of carbonyl (C=O) groups is 2. The van der Waals surface area contributed by atoms with E-state index in [0.29, 0.717) is 0 Å². The molecular weight excluding hydrogens is 414 g/mol. The molecule has 0 aliphatic heterocycles. The summed E-state index contributed by atoms with van der Waals surface area (Å²) in [7, 11) is 0. The summed E-state index contributed by atoms with van der Waals surface area (Å²) in [6.07, 6.45) is -3.52. The minimum atomic E-state index is -1.83. The van der Waals surface area contributed by atoms with Crippen molar-refractivity contribution in [1.82, 2.24) is 0 Å². The summed E-state index contributed by atoms with van der Waals surface area (Å²) >= 11 is 0. The zero-order chi connectivity index (χ0) is 7.86. The third kappa shape index (κ3) is 103. The van der Waals surface area contributed by atoms with Crippen molar-refractivity contribution in [3.8, 4) is 0 Å². The van der Waals surface area contributed by atoms with Crippen LogP contribution in [0.15, 0.2) is 0 Å². The van der Waals surface area contributed by atoms with E-state index < -0.39 is 12.3 Å². The molecule has 0 aliphatic carbocycles. The molecule has 0 rings (SSSR count). The van der Waals surface area contributed by atoms with E-state index in [2.05, 4.69) is 4.89 Å². The van der Waals surface area contributed by atoms with Gasteiger partial charge in [-0.25, -0.2) is 9.59 Å². The van der Waals surface area contributed by atoms with Crippen molar-refractivity contribution in [2.24, 2.45) is 0 Å². The Morgan fingerprint density at radius 1 is 1.00 bits per heavy atom. The minimum Gasteiger partial charge on any atom is -0.450 e. The van der Waals surface area contributed by atoms with Crippen LogP contribution in [0, 0.1) is 71.2 Å². The van der Waals surface area contributed by atoms with E-state index in [1.54, 1.807) is 0 Å². The predicted molar refractivity (Wildman–Crippen MR) is 22.4 cm³/mol. The Morgan fingerprint density at radius 2 is 1.09 bits per heavy atom. The Bertz CT molecular complexity index is 98.6. The van der Waals surface area contributed by atoms with Crippen molar-refractivity contribution >= 4 is 12.3 Å². The van der Waals surface area contributed by atoms with Crippen LogP contribution < -0.4 is 0 Å². The summed E-state index contributed by atoms with van der Waals surface area (Å²) in [6.45, 7) is 0. The fourth-order valence-electron chi connectivity index (χ4n) is 0. The molecule has 0 spiro atoms. The van der Waals surface area contributed by atoms with E-state index in [9.17, 15) is 0 Å². The van der Waals surface area contributed by atoms with Crippen LogP contribution >= 0.6 is 0 Å². The second-order valence-electron chi connectivity index (χ2n) is 0.640. The average Bonchev–Trinajstić information content (AvgIpc) is 1.65. The fourth-order valence-corrected chi connectivity index (χ4v) is 0. The molecule has 0 aliphatic rings. The third-order valence-electron chi connectivity index (χ3n) is 0.0781. The van der Waals surface area contributed by atoms with Gasteiger partial charge in [-0.3, -0.25) is 4.89 Å². The summed E-state index contributed by atoms with van der Waals surface area (Å²) in [5, 5.41) is 28.2. The molecule has 0 saturated carbocycles. The van der Waals surface area contributed by atoms with Gasteiger partial charge in [0.2, 0.25) is 0 Å². The number of rotatable bonds is 0. The van der Waals surface area contributed by atoms with Crippen molar-refractivity contribution < 1.29 is 106 Å². The van der Waals surface area contributed by atoms with Crippen molar-refractivity contribution in [1.29, 1.82) is 0 Å². The smallest absolute Gasteiger partial charge is 0.450 e. The van der Waals surface area contributed by atoms with Gasteiger partial charge in [0, 0.05) is 71.2 Å². The Labute approximate surface area is 117 Å². The second-order valence-corrected chi connectivity index (χ2v) is 0.640. The molecule has 11 heavy (non-hydrogen) atoms. The van der Waals surface area contributed by atoms with Crippen LogP contribution in [0.5, 0.6) is 0 Å². The third-order valence-corrected chi connectivity index (χ3v) is 0.0781. The SMILES string of the molecule is O=C(O)O.O=C(O)OO.[La].[La]. The number of hydrogen-bond acceptors (Lipinski definition) is 4. The molecule has 0 bridgehead atoms. The van der Waals surface area contributed by atoms with Crippen molar-refractivity contribution in [3.63, 3.8) is 0 Å². The standard InChI is InChI=1S/CH2O4.CH2O3.2La/c2-1(3)5-4;2-1(3)4;;/h4H,(H,2,3);(H2,2,3,4);;. The Balaban J connectivity index is -0.0000000383. The molecule has 0 saturated heterocycles. The van der Waals surface area contributed by atoms with Crippen molar-refractivity contribution in [2.45, 2.75) is 0 Å². The van der Waals surface area contributed by atoms with E-state index in [-0.39, 0.29) is 71.2 Å². The summed E-state index contributed by atoms with van der Waals surface area (Å²) in [6, 6.07) is 0. The molecular formula is C2H4La2O7. The normalized spacial score (nSPS) is 5.18. The molecule has 0 unspecified atom stereocenters. The van der Waals surface area contributed by atoms with Crippen LogP contribution in [0.2, 0.25) is 0 Å². The van der Waals surface area contributed by atoms with Crippen LogP contribution in [0.1, 0.15) is 0 Å². The van der Waals surface area contributed by atoms with Crippen LogP contribution in [0.25, 0.3) is 0 Å². The molecule has 2 radical (unpaired) electrons. The van der Waals surface area contributed by atoms with E-state index >= 15 is 0 Å². The van der Waals surface area contributed by atoms with Gasteiger partial charge in [-0.15, -0.1) is 0 Å². The van der Waals surface area contributed by atoms with Gasteiger partial charge in [-0.1, -0.05) is 0 Å². The van der Waals surface area contributed by atoms with Crippen LogP contribution in [0.3, 0.4) is 0 Å². The number of hydrogen-bond donors (Lipinski definition) is 4. The average molecular weight is 418 g/mol. The molecule has 0 aromatic heterocycles. The maximum Gasteiger partial charge on any atom is 0.537 e. The zero-order valence-corrected chi connectivity index (χ0v) is 12.4. The maximum atomic E-state index is 8.90. The molecule has 0 atom stereocenters. The Morgan fingerprint density at radius 3 is 1.09 bits per heavy atom. The maximum absolute atomic E-state index is 8.90. The van der Waals surface area contributed by atoms with Gasteiger partial charge in [-0.2, -0.15) is 5.26 Å². The van der Waals surface area contributed by atoms with Gasteiger partial charge < -0.3 is 15.3 Å². The van der Waals surface area contributed by atoms with Gasteiger partial charge in [0.1, 0.15) is 0 Å². The molecule has 4 N–H and O–H groups in total. The Hall–Kier alpha value is 0.890. The Kier molecular flexibility index (Phi) is 35.2. The largest absolute Gasteiger partial charge is 0.537 e. The summed E-state index contributed by atoms with van der Waals surface area (Å²) in [5.74, 6) is 0. The number of carboxylic acid groups (broad SMARTS) is 3. The monoisotopic (exact) mass is 418 g/mol. The van der Waals surface area contributed by atoms with E-state index in [0.717, 1.165) is 0 Å². The first-order chi connectivity index (χ1) is 4.00. The molecule has 0 amide bonds. The quantitative estimate of drug-likeness (QED) is 0.331. The molecule has 60 valence electrons. The van der Waals surface area contributed by atoms with Gasteiger partial charge in [0.05, 0.1) is 0 Å². The molecule has 0 heterocycles. The van der Waals surface area contributed by atoms with E-state index in [4.69, 9.17) is 30.2 Å². The van der Waals surface area contributed by atoms with Crippen LogP contribution in [0.4, 0.5) is 9.59 Å². The minimum absolute atomic E-state index is 0. The first-order valence-electron chi connectivity index (χ1n) is 1.47. The van der Waals surface area contributed by atoms with Crippen molar-refractivity contribution in [2.75, 3.05) is 0 Å². The topological polar surface area (TPSA) is 124 Å². The van der Waals surface area contributed by atoms with Crippen LogP contribution in [-0.2, 0) is 4.89 Å². The van der Waals surface area contributed by atoms with Gasteiger partial charge >= 0.3 is 12.3 Å².